The first-order valence-electron chi connectivity index (χ1n) is 7.42. The van der Waals surface area contributed by atoms with Crippen LogP contribution in [0.3, 0.4) is 0 Å². The van der Waals surface area contributed by atoms with Gasteiger partial charge in [-0.3, -0.25) is 9.59 Å². The van der Waals surface area contributed by atoms with E-state index in [0.717, 1.165) is 16.7 Å². The molecule has 23 heavy (non-hydrogen) atoms. The molecule has 1 aliphatic rings. The summed E-state index contributed by atoms with van der Waals surface area (Å²) in [5, 5.41) is 3.53. The van der Waals surface area contributed by atoms with E-state index in [9.17, 15) is 9.59 Å². The van der Waals surface area contributed by atoms with Crippen molar-refractivity contribution in [1.29, 1.82) is 0 Å². The maximum atomic E-state index is 12.6. The van der Waals surface area contributed by atoms with Crippen molar-refractivity contribution in [1.82, 2.24) is 10.2 Å². The van der Waals surface area contributed by atoms with Crippen LogP contribution in [0.15, 0.2) is 48.5 Å². The SMILES string of the molecule is CN1C(=O)Cc2ccccc2[C@H]1C(=O)NCc1cccc(Cl)c1. The van der Waals surface area contributed by atoms with Gasteiger partial charge in [-0.15, -0.1) is 0 Å². The predicted octanol–water partition coefficient (Wildman–Crippen LogP) is 2.71. The minimum Gasteiger partial charge on any atom is -0.350 e. The molecule has 0 aromatic heterocycles. The van der Waals surface area contributed by atoms with Gasteiger partial charge >= 0.3 is 0 Å². The van der Waals surface area contributed by atoms with E-state index in [4.69, 9.17) is 11.6 Å². The molecule has 1 heterocycles. The summed E-state index contributed by atoms with van der Waals surface area (Å²) in [7, 11) is 1.67. The fourth-order valence-electron chi connectivity index (χ4n) is 2.85. The number of likely N-dealkylation sites (N-methyl/N-ethyl adjacent to an activating group) is 1. The number of amides is 2. The van der Waals surface area contributed by atoms with E-state index < -0.39 is 6.04 Å². The Kier molecular flexibility index (Phi) is 4.35. The Bertz CT molecular complexity index is 760. The Balaban J connectivity index is 1.79. The Morgan fingerprint density at radius 1 is 1.26 bits per heavy atom. The highest BCUT2D eigenvalue weighted by Gasteiger charge is 2.34. The molecular weight excluding hydrogens is 312 g/mol. The number of carbonyl (C=O) groups excluding carboxylic acids is 2. The topological polar surface area (TPSA) is 49.4 Å². The van der Waals surface area contributed by atoms with Crippen molar-refractivity contribution >= 4 is 23.4 Å². The van der Waals surface area contributed by atoms with Gasteiger partial charge in [0.15, 0.2) is 0 Å². The molecule has 0 saturated carbocycles. The van der Waals surface area contributed by atoms with Crippen molar-refractivity contribution in [2.24, 2.45) is 0 Å². The molecule has 0 saturated heterocycles. The molecule has 2 aromatic rings. The molecule has 3 rings (SSSR count). The Morgan fingerprint density at radius 3 is 2.83 bits per heavy atom. The van der Waals surface area contributed by atoms with Gasteiger partial charge in [0, 0.05) is 18.6 Å². The number of hydrogen-bond donors (Lipinski definition) is 1. The third kappa shape index (κ3) is 3.22. The average molecular weight is 329 g/mol. The van der Waals surface area contributed by atoms with E-state index in [1.807, 2.05) is 42.5 Å². The standard InChI is InChI=1S/C18H17ClN2O2/c1-21-16(22)10-13-6-2-3-8-15(13)17(21)18(23)20-11-12-5-4-7-14(19)9-12/h2-9,17H,10-11H2,1H3,(H,20,23)/t17-/m0/s1. The lowest BCUT2D eigenvalue weighted by Gasteiger charge is -2.33. The number of halogens is 1. The summed E-state index contributed by atoms with van der Waals surface area (Å²) in [6, 6.07) is 14.3. The normalized spacial score (nSPS) is 16.9. The van der Waals surface area contributed by atoms with Crippen LogP contribution in [0.4, 0.5) is 0 Å². The summed E-state index contributed by atoms with van der Waals surface area (Å²) in [5.74, 6) is -0.236. The molecule has 0 fully saturated rings. The van der Waals surface area contributed by atoms with Crippen LogP contribution in [0.1, 0.15) is 22.7 Å². The summed E-state index contributed by atoms with van der Waals surface area (Å²) >= 11 is 5.95. The van der Waals surface area contributed by atoms with Crippen LogP contribution in [-0.2, 0) is 22.6 Å². The second-order valence-electron chi connectivity index (χ2n) is 5.63. The lowest BCUT2D eigenvalue weighted by atomic mass is 9.92. The van der Waals surface area contributed by atoms with Crippen LogP contribution in [-0.4, -0.2) is 23.8 Å². The van der Waals surface area contributed by atoms with E-state index in [-0.39, 0.29) is 11.8 Å². The molecule has 118 valence electrons. The quantitative estimate of drug-likeness (QED) is 0.941. The molecular formula is C18H17ClN2O2. The first-order valence-corrected chi connectivity index (χ1v) is 7.79. The Morgan fingerprint density at radius 2 is 2.04 bits per heavy atom. The largest absolute Gasteiger partial charge is 0.350 e. The molecule has 5 heteroatoms. The molecule has 1 atom stereocenters. The van der Waals surface area contributed by atoms with Crippen molar-refractivity contribution in [2.75, 3.05) is 7.05 Å². The van der Waals surface area contributed by atoms with Crippen LogP contribution in [0.25, 0.3) is 0 Å². The van der Waals surface area contributed by atoms with E-state index in [1.54, 1.807) is 13.1 Å². The lowest BCUT2D eigenvalue weighted by Crippen LogP contribution is -2.45. The van der Waals surface area contributed by atoms with Crippen LogP contribution < -0.4 is 5.32 Å². The van der Waals surface area contributed by atoms with E-state index in [2.05, 4.69) is 5.32 Å². The third-order valence-electron chi connectivity index (χ3n) is 4.08. The molecule has 0 bridgehead atoms. The zero-order chi connectivity index (χ0) is 16.4. The van der Waals surface area contributed by atoms with Gasteiger partial charge < -0.3 is 10.2 Å². The summed E-state index contributed by atoms with van der Waals surface area (Å²) in [5.41, 5.74) is 2.72. The summed E-state index contributed by atoms with van der Waals surface area (Å²) < 4.78 is 0. The minimum absolute atomic E-state index is 0.0494. The predicted molar refractivity (Wildman–Crippen MR) is 89.0 cm³/mol. The number of hydrogen-bond acceptors (Lipinski definition) is 2. The average Bonchev–Trinajstić information content (AvgIpc) is 2.54. The lowest BCUT2D eigenvalue weighted by molar-refractivity contribution is -0.140. The molecule has 1 aliphatic heterocycles. The van der Waals surface area contributed by atoms with Crippen LogP contribution >= 0.6 is 11.6 Å². The van der Waals surface area contributed by atoms with Crippen LogP contribution in [0.5, 0.6) is 0 Å². The Labute approximate surface area is 140 Å². The molecule has 2 amide bonds. The molecule has 0 radical (unpaired) electrons. The smallest absolute Gasteiger partial charge is 0.247 e. The van der Waals surface area contributed by atoms with Gasteiger partial charge in [-0.2, -0.15) is 0 Å². The fourth-order valence-corrected chi connectivity index (χ4v) is 3.06. The molecule has 1 N–H and O–H groups in total. The van der Waals surface area contributed by atoms with Gasteiger partial charge in [0.1, 0.15) is 6.04 Å². The number of rotatable bonds is 3. The van der Waals surface area contributed by atoms with Crippen molar-refractivity contribution < 1.29 is 9.59 Å². The summed E-state index contributed by atoms with van der Waals surface area (Å²) in [4.78, 5) is 26.3. The highest BCUT2D eigenvalue weighted by molar-refractivity contribution is 6.30. The fraction of sp³-hybridized carbons (Fsp3) is 0.222. The molecule has 0 spiro atoms. The van der Waals surface area contributed by atoms with E-state index >= 15 is 0 Å². The van der Waals surface area contributed by atoms with Crippen LogP contribution in [0, 0.1) is 0 Å². The maximum absolute atomic E-state index is 12.6. The second kappa shape index (κ2) is 6.42. The molecule has 0 unspecified atom stereocenters. The molecule has 2 aromatic carbocycles. The van der Waals surface area contributed by atoms with Gasteiger partial charge in [0.05, 0.1) is 6.42 Å². The minimum atomic E-state index is -0.591. The van der Waals surface area contributed by atoms with Gasteiger partial charge in [0.2, 0.25) is 11.8 Å². The van der Waals surface area contributed by atoms with Gasteiger partial charge in [-0.05, 0) is 28.8 Å². The van der Waals surface area contributed by atoms with E-state index in [1.165, 1.54) is 4.90 Å². The van der Waals surface area contributed by atoms with Crippen molar-refractivity contribution in [2.45, 2.75) is 19.0 Å². The van der Waals surface area contributed by atoms with Gasteiger partial charge in [-0.1, -0.05) is 48.0 Å². The Hall–Kier alpha value is -2.33. The number of benzene rings is 2. The third-order valence-corrected chi connectivity index (χ3v) is 4.31. The number of carbonyl (C=O) groups is 2. The zero-order valence-electron chi connectivity index (χ0n) is 12.8. The molecule has 4 nitrogen and oxygen atoms in total. The summed E-state index contributed by atoms with van der Waals surface area (Å²) in [6.45, 7) is 0.375. The zero-order valence-corrected chi connectivity index (χ0v) is 13.5. The van der Waals surface area contributed by atoms with Gasteiger partial charge in [0.25, 0.3) is 0 Å². The highest BCUT2D eigenvalue weighted by atomic mass is 35.5. The summed E-state index contributed by atoms with van der Waals surface area (Å²) in [6.07, 6.45) is 0.338. The molecule has 0 aliphatic carbocycles. The van der Waals surface area contributed by atoms with Gasteiger partial charge in [-0.25, -0.2) is 0 Å². The first kappa shape index (κ1) is 15.6. The first-order chi connectivity index (χ1) is 11.1. The van der Waals surface area contributed by atoms with Crippen molar-refractivity contribution in [3.05, 3.63) is 70.2 Å². The number of nitrogens with one attached hydrogen (secondary N) is 1. The van der Waals surface area contributed by atoms with Crippen LogP contribution in [0.2, 0.25) is 5.02 Å². The van der Waals surface area contributed by atoms with Crippen molar-refractivity contribution in [3.8, 4) is 0 Å². The number of fused-ring (bicyclic) bond motifs is 1. The maximum Gasteiger partial charge on any atom is 0.247 e. The van der Waals surface area contributed by atoms with Crippen molar-refractivity contribution in [3.63, 3.8) is 0 Å². The monoisotopic (exact) mass is 328 g/mol. The number of nitrogens with zero attached hydrogens (tertiary/aromatic N) is 1. The highest BCUT2D eigenvalue weighted by Crippen LogP contribution is 2.29. The second-order valence-corrected chi connectivity index (χ2v) is 6.07. The van der Waals surface area contributed by atoms with E-state index in [0.29, 0.717) is 18.0 Å².